The van der Waals surface area contributed by atoms with Gasteiger partial charge in [0.15, 0.2) is 0 Å². The fraction of sp³-hybridized carbons (Fsp3) is 0.350. The maximum absolute atomic E-state index is 10.2. The normalized spacial score (nSPS) is 27.2. The zero-order chi connectivity index (χ0) is 20.5. The van der Waals surface area contributed by atoms with E-state index in [-0.39, 0.29) is 11.6 Å². The van der Waals surface area contributed by atoms with Crippen molar-refractivity contribution in [3.8, 4) is 11.6 Å². The van der Waals surface area contributed by atoms with E-state index >= 15 is 0 Å². The van der Waals surface area contributed by atoms with Crippen molar-refractivity contribution >= 4 is 10.9 Å². The van der Waals surface area contributed by atoms with E-state index < -0.39 is 37.3 Å². The van der Waals surface area contributed by atoms with E-state index in [1.807, 2.05) is 30.3 Å². The number of aliphatic hydroxyl groups excluding tert-OH is 4. The van der Waals surface area contributed by atoms with Crippen LogP contribution in [0.4, 0.5) is 0 Å². The van der Waals surface area contributed by atoms with E-state index in [0.717, 1.165) is 11.1 Å². The van der Waals surface area contributed by atoms with Crippen LogP contribution in [0.5, 0.6) is 11.6 Å². The second-order valence-corrected chi connectivity index (χ2v) is 7.03. The summed E-state index contributed by atoms with van der Waals surface area (Å²) < 4.78 is 11.1. The molecule has 2 heterocycles. The van der Waals surface area contributed by atoms with Crippen LogP contribution in [-0.2, 0) is 11.2 Å². The molecule has 1 fully saturated rings. The molecule has 0 amide bonds. The maximum atomic E-state index is 10.2. The van der Waals surface area contributed by atoms with Crippen LogP contribution in [0.3, 0.4) is 0 Å². The minimum absolute atomic E-state index is 0.165. The summed E-state index contributed by atoms with van der Waals surface area (Å²) in [6.45, 7) is -0.543. The van der Waals surface area contributed by atoms with Crippen LogP contribution >= 0.6 is 0 Å². The summed E-state index contributed by atoms with van der Waals surface area (Å²) in [5.41, 5.74) is 2.57. The lowest BCUT2D eigenvalue weighted by Crippen LogP contribution is -2.60. The van der Waals surface area contributed by atoms with Crippen molar-refractivity contribution in [2.75, 3.05) is 6.61 Å². The second kappa shape index (κ2) is 7.97. The number of aromatic nitrogens is 2. The first-order valence-corrected chi connectivity index (χ1v) is 9.19. The van der Waals surface area contributed by atoms with Crippen LogP contribution in [0.2, 0.25) is 0 Å². The number of aromatic amines is 1. The Hall–Kier alpha value is -2.69. The lowest BCUT2D eigenvalue weighted by Gasteiger charge is -2.39. The zero-order valence-electron chi connectivity index (χ0n) is 15.3. The lowest BCUT2D eigenvalue weighted by molar-refractivity contribution is -0.277. The van der Waals surface area contributed by atoms with Crippen molar-refractivity contribution in [1.82, 2.24) is 10.2 Å². The van der Waals surface area contributed by atoms with Gasteiger partial charge in [0.25, 0.3) is 0 Å². The highest BCUT2D eigenvalue weighted by Gasteiger charge is 2.45. The van der Waals surface area contributed by atoms with Crippen molar-refractivity contribution in [2.45, 2.75) is 37.1 Å². The Bertz CT molecular complexity index is 973. The molecular weight excluding hydrogens is 380 g/mol. The minimum atomic E-state index is -1.53. The molecule has 1 aliphatic heterocycles. The number of nitrogens with one attached hydrogen (secondary N) is 1. The number of phenolic OH excluding ortho intramolecular Hbond substituents is 1. The fourth-order valence-corrected chi connectivity index (χ4v) is 3.45. The monoisotopic (exact) mass is 402 g/mol. The summed E-state index contributed by atoms with van der Waals surface area (Å²) in [6, 6.07) is 12.4. The fourth-order valence-electron chi connectivity index (χ4n) is 3.45. The highest BCUT2D eigenvalue weighted by molar-refractivity contribution is 5.87. The number of benzene rings is 2. The third-order valence-corrected chi connectivity index (χ3v) is 5.05. The van der Waals surface area contributed by atoms with Crippen LogP contribution in [0, 0.1) is 0 Å². The van der Waals surface area contributed by atoms with Crippen LogP contribution in [0.25, 0.3) is 10.9 Å². The average molecular weight is 402 g/mol. The molecule has 0 spiro atoms. The highest BCUT2D eigenvalue weighted by Crippen LogP contribution is 2.31. The smallest absolute Gasteiger partial charge is 0.243 e. The highest BCUT2D eigenvalue weighted by atomic mass is 16.7. The number of aliphatic hydroxyl groups is 4. The van der Waals surface area contributed by atoms with Gasteiger partial charge in [-0.25, -0.2) is 0 Å². The van der Waals surface area contributed by atoms with Crippen molar-refractivity contribution in [1.29, 1.82) is 0 Å². The Morgan fingerprint density at radius 2 is 1.76 bits per heavy atom. The van der Waals surface area contributed by atoms with Gasteiger partial charge in [0.05, 0.1) is 17.5 Å². The molecule has 9 nitrogen and oxygen atoms in total. The Kier molecular flexibility index (Phi) is 5.39. The molecular formula is C20H22N2O7. The Labute approximate surface area is 165 Å². The summed E-state index contributed by atoms with van der Waals surface area (Å²) in [5, 5.41) is 56.6. The number of nitrogens with zero attached hydrogens (tertiary/aromatic N) is 1. The van der Waals surface area contributed by atoms with Gasteiger partial charge in [0.2, 0.25) is 12.2 Å². The number of H-pyrrole nitrogens is 1. The van der Waals surface area contributed by atoms with Crippen LogP contribution < -0.4 is 4.74 Å². The number of ether oxygens (including phenoxy) is 2. The molecule has 9 heteroatoms. The first-order valence-electron chi connectivity index (χ1n) is 9.19. The molecule has 0 bridgehead atoms. The van der Waals surface area contributed by atoms with Gasteiger partial charge in [-0.1, -0.05) is 24.3 Å². The van der Waals surface area contributed by atoms with E-state index in [4.69, 9.17) is 9.47 Å². The third kappa shape index (κ3) is 3.78. The molecule has 4 rings (SSSR count). The van der Waals surface area contributed by atoms with Crippen molar-refractivity contribution in [3.05, 3.63) is 53.6 Å². The molecule has 3 aromatic rings. The molecule has 6 N–H and O–H groups in total. The predicted octanol–water partition coefficient (Wildman–Crippen LogP) is 0.0380. The first kappa shape index (κ1) is 19.6. The molecule has 0 saturated carbocycles. The van der Waals surface area contributed by atoms with Gasteiger partial charge in [-0.15, -0.1) is 5.10 Å². The lowest BCUT2D eigenvalue weighted by atomic mass is 9.99. The SMILES string of the molecule is OC[C@H]1O[C@@H](Oc2n[nH]c3cccc(Cc4ccc(O)cc4)c23)[C@H](O)[C@@H](O)[C@@H]1O. The zero-order valence-corrected chi connectivity index (χ0v) is 15.3. The van der Waals surface area contributed by atoms with E-state index in [2.05, 4.69) is 10.2 Å². The molecule has 2 aromatic carbocycles. The maximum Gasteiger partial charge on any atom is 0.243 e. The number of hydrogen-bond donors (Lipinski definition) is 6. The molecule has 1 aromatic heterocycles. The van der Waals surface area contributed by atoms with Gasteiger partial charge >= 0.3 is 0 Å². The Balaban J connectivity index is 1.63. The molecule has 1 saturated heterocycles. The van der Waals surface area contributed by atoms with Crippen LogP contribution in [-0.4, -0.2) is 73.0 Å². The number of phenols is 1. The Morgan fingerprint density at radius 1 is 1.00 bits per heavy atom. The van der Waals surface area contributed by atoms with E-state index in [1.54, 1.807) is 12.1 Å². The van der Waals surface area contributed by atoms with Crippen molar-refractivity contribution in [2.24, 2.45) is 0 Å². The number of rotatable bonds is 5. The molecule has 5 atom stereocenters. The van der Waals surface area contributed by atoms with Crippen LogP contribution in [0.15, 0.2) is 42.5 Å². The minimum Gasteiger partial charge on any atom is -0.508 e. The third-order valence-electron chi connectivity index (χ3n) is 5.05. The van der Waals surface area contributed by atoms with E-state index in [9.17, 15) is 25.5 Å². The quantitative estimate of drug-likeness (QED) is 0.350. The predicted molar refractivity (Wildman–Crippen MR) is 101 cm³/mol. The summed E-state index contributed by atoms with van der Waals surface area (Å²) in [6.07, 6.45) is -6.37. The van der Waals surface area contributed by atoms with Gasteiger partial charge in [0.1, 0.15) is 30.2 Å². The average Bonchev–Trinajstić information content (AvgIpc) is 3.14. The standard InChI is InChI=1S/C20H22N2O7/c23-9-14-16(25)17(26)18(27)20(28-14)29-19-15-11(2-1-3-13(15)21-22-19)8-10-4-6-12(24)7-5-10/h1-7,14,16-18,20,23-27H,8-9H2,(H,21,22)/t14-,16-,17+,18-,20+/m1/s1. The van der Waals surface area contributed by atoms with Crippen molar-refractivity contribution < 1.29 is 35.0 Å². The van der Waals surface area contributed by atoms with Gasteiger partial charge in [-0.3, -0.25) is 5.10 Å². The van der Waals surface area contributed by atoms with Gasteiger partial charge in [-0.05, 0) is 35.7 Å². The Morgan fingerprint density at radius 3 is 2.48 bits per heavy atom. The molecule has 1 aliphatic rings. The van der Waals surface area contributed by atoms with Gasteiger partial charge < -0.3 is 35.0 Å². The number of aromatic hydroxyl groups is 1. The summed E-state index contributed by atoms with van der Waals surface area (Å²) in [4.78, 5) is 0. The number of fused-ring (bicyclic) bond motifs is 1. The molecule has 154 valence electrons. The summed E-state index contributed by atoms with van der Waals surface area (Å²) in [7, 11) is 0. The van der Waals surface area contributed by atoms with Gasteiger partial charge in [0, 0.05) is 0 Å². The molecule has 29 heavy (non-hydrogen) atoms. The molecule has 0 radical (unpaired) electrons. The van der Waals surface area contributed by atoms with Gasteiger partial charge in [-0.2, -0.15) is 0 Å². The summed E-state index contributed by atoms with van der Waals surface area (Å²) >= 11 is 0. The number of hydrogen-bond acceptors (Lipinski definition) is 8. The first-order chi connectivity index (χ1) is 14.0. The molecule has 0 aliphatic carbocycles. The van der Waals surface area contributed by atoms with Crippen LogP contribution in [0.1, 0.15) is 11.1 Å². The summed E-state index contributed by atoms with van der Waals surface area (Å²) in [5.74, 6) is 0.348. The van der Waals surface area contributed by atoms with E-state index in [1.165, 1.54) is 0 Å². The van der Waals surface area contributed by atoms with E-state index in [0.29, 0.717) is 17.3 Å². The largest absolute Gasteiger partial charge is 0.508 e. The van der Waals surface area contributed by atoms with Crippen molar-refractivity contribution in [3.63, 3.8) is 0 Å². The molecule has 0 unspecified atom stereocenters. The second-order valence-electron chi connectivity index (χ2n) is 7.03. The topological polar surface area (TPSA) is 148 Å².